The molecule has 1 aromatic rings. The van der Waals surface area contributed by atoms with Crippen molar-refractivity contribution in [2.75, 3.05) is 24.7 Å². The molecule has 1 rings (SSSR count). The Balaban J connectivity index is 2.80. The number of carbonyl (C=O) groups excluding carboxylic acids is 1. The van der Waals surface area contributed by atoms with E-state index in [2.05, 4.69) is 23.9 Å². The first-order chi connectivity index (χ1) is 8.08. The standard InChI is InChI=1S/C13H20N2O2/c1-4-9(2)8-15-12-7-10(13(16)17-3)5-6-11(12)14/h5-7,9,15H,4,8,14H2,1-3H3. The van der Waals surface area contributed by atoms with E-state index in [-0.39, 0.29) is 5.97 Å². The lowest BCUT2D eigenvalue weighted by Crippen LogP contribution is -2.12. The largest absolute Gasteiger partial charge is 0.465 e. The Morgan fingerprint density at radius 3 is 2.82 bits per heavy atom. The van der Waals surface area contributed by atoms with Crippen LogP contribution in [0.2, 0.25) is 0 Å². The molecular formula is C13H20N2O2. The number of carbonyl (C=O) groups is 1. The number of hydrogen-bond donors (Lipinski definition) is 2. The van der Waals surface area contributed by atoms with Crippen LogP contribution in [-0.4, -0.2) is 19.6 Å². The number of anilines is 2. The van der Waals surface area contributed by atoms with Crippen molar-refractivity contribution in [1.82, 2.24) is 0 Å². The summed E-state index contributed by atoms with van der Waals surface area (Å²) < 4.78 is 4.67. The molecule has 0 heterocycles. The number of benzene rings is 1. The maximum Gasteiger partial charge on any atom is 0.337 e. The fourth-order valence-electron chi connectivity index (χ4n) is 1.38. The van der Waals surface area contributed by atoms with Gasteiger partial charge in [-0.05, 0) is 24.1 Å². The third kappa shape index (κ3) is 3.66. The Morgan fingerprint density at radius 1 is 1.53 bits per heavy atom. The van der Waals surface area contributed by atoms with Gasteiger partial charge in [0.1, 0.15) is 0 Å². The van der Waals surface area contributed by atoms with Crippen LogP contribution in [0.1, 0.15) is 30.6 Å². The number of nitrogens with two attached hydrogens (primary N) is 1. The molecule has 1 aromatic carbocycles. The summed E-state index contributed by atoms with van der Waals surface area (Å²) in [6.07, 6.45) is 1.10. The van der Waals surface area contributed by atoms with Crippen LogP contribution >= 0.6 is 0 Å². The van der Waals surface area contributed by atoms with Gasteiger partial charge in [0.2, 0.25) is 0 Å². The van der Waals surface area contributed by atoms with Gasteiger partial charge >= 0.3 is 5.97 Å². The highest BCUT2D eigenvalue weighted by molar-refractivity contribution is 5.91. The molecule has 17 heavy (non-hydrogen) atoms. The van der Waals surface area contributed by atoms with Crippen LogP contribution in [0.3, 0.4) is 0 Å². The maximum absolute atomic E-state index is 11.4. The van der Waals surface area contributed by atoms with E-state index < -0.39 is 0 Å². The second kappa shape index (κ2) is 6.13. The minimum absolute atomic E-state index is 0.350. The van der Waals surface area contributed by atoms with Gasteiger partial charge in [0.05, 0.1) is 24.0 Å². The van der Waals surface area contributed by atoms with E-state index in [0.717, 1.165) is 18.7 Å². The molecule has 0 spiro atoms. The number of esters is 1. The number of methoxy groups -OCH3 is 1. The van der Waals surface area contributed by atoms with Crippen molar-refractivity contribution in [2.24, 2.45) is 5.92 Å². The second-order valence-electron chi connectivity index (χ2n) is 4.19. The number of nitrogen functional groups attached to an aromatic ring is 1. The SMILES string of the molecule is CCC(C)CNc1cc(C(=O)OC)ccc1N. The molecular weight excluding hydrogens is 216 g/mol. The molecule has 0 aliphatic rings. The summed E-state index contributed by atoms with van der Waals surface area (Å²) in [5.41, 5.74) is 7.78. The number of hydrogen-bond acceptors (Lipinski definition) is 4. The van der Waals surface area contributed by atoms with Gasteiger partial charge in [0, 0.05) is 6.54 Å². The Hall–Kier alpha value is -1.71. The lowest BCUT2D eigenvalue weighted by Gasteiger charge is -2.14. The van der Waals surface area contributed by atoms with Crippen molar-refractivity contribution in [3.63, 3.8) is 0 Å². The summed E-state index contributed by atoms with van der Waals surface area (Å²) in [5.74, 6) is 0.216. The summed E-state index contributed by atoms with van der Waals surface area (Å²) in [6.45, 7) is 5.14. The first-order valence-electron chi connectivity index (χ1n) is 5.80. The normalized spacial score (nSPS) is 11.9. The number of rotatable bonds is 5. The average molecular weight is 236 g/mol. The molecule has 1 unspecified atom stereocenters. The quantitative estimate of drug-likeness (QED) is 0.609. The molecule has 3 N–H and O–H groups in total. The smallest absolute Gasteiger partial charge is 0.337 e. The minimum atomic E-state index is -0.350. The molecule has 0 bridgehead atoms. The van der Waals surface area contributed by atoms with Crippen molar-refractivity contribution in [2.45, 2.75) is 20.3 Å². The van der Waals surface area contributed by atoms with E-state index in [9.17, 15) is 4.79 Å². The van der Waals surface area contributed by atoms with E-state index in [0.29, 0.717) is 17.2 Å². The summed E-state index contributed by atoms with van der Waals surface area (Å²) in [6, 6.07) is 5.10. The van der Waals surface area contributed by atoms with Crippen molar-refractivity contribution in [3.8, 4) is 0 Å². The van der Waals surface area contributed by atoms with Crippen molar-refractivity contribution in [1.29, 1.82) is 0 Å². The molecule has 1 atom stereocenters. The van der Waals surface area contributed by atoms with Crippen LogP contribution in [0.25, 0.3) is 0 Å². The van der Waals surface area contributed by atoms with Gasteiger partial charge in [0.15, 0.2) is 0 Å². The van der Waals surface area contributed by atoms with E-state index >= 15 is 0 Å². The zero-order chi connectivity index (χ0) is 12.8. The lowest BCUT2D eigenvalue weighted by atomic mass is 10.1. The Morgan fingerprint density at radius 2 is 2.24 bits per heavy atom. The molecule has 0 aromatic heterocycles. The molecule has 0 fully saturated rings. The molecule has 0 aliphatic heterocycles. The predicted octanol–water partition coefficient (Wildman–Crippen LogP) is 2.51. The van der Waals surface area contributed by atoms with Crippen LogP contribution in [0.15, 0.2) is 18.2 Å². The topological polar surface area (TPSA) is 64.3 Å². The highest BCUT2D eigenvalue weighted by Gasteiger charge is 2.08. The highest BCUT2D eigenvalue weighted by Crippen LogP contribution is 2.21. The molecule has 0 radical (unpaired) electrons. The van der Waals surface area contributed by atoms with Gasteiger partial charge in [0.25, 0.3) is 0 Å². The van der Waals surface area contributed by atoms with E-state index in [4.69, 9.17) is 5.73 Å². The van der Waals surface area contributed by atoms with Gasteiger partial charge in [-0.1, -0.05) is 20.3 Å². The monoisotopic (exact) mass is 236 g/mol. The average Bonchev–Trinajstić information content (AvgIpc) is 2.36. The Labute approximate surface area is 102 Å². The van der Waals surface area contributed by atoms with Gasteiger partial charge in [-0.3, -0.25) is 0 Å². The fourth-order valence-corrected chi connectivity index (χ4v) is 1.38. The summed E-state index contributed by atoms with van der Waals surface area (Å²) in [4.78, 5) is 11.4. The zero-order valence-corrected chi connectivity index (χ0v) is 10.6. The fraction of sp³-hybridized carbons (Fsp3) is 0.462. The number of nitrogens with one attached hydrogen (secondary N) is 1. The van der Waals surface area contributed by atoms with Crippen LogP contribution in [0, 0.1) is 5.92 Å². The second-order valence-corrected chi connectivity index (χ2v) is 4.19. The van der Waals surface area contributed by atoms with Crippen molar-refractivity contribution < 1.29 is 9.53 Å². The Kier molecular flexibility index (Phi) is 4.82. The molecule has 0 saturated carbocycles. The lowest BCUT2D eigenvalue weighted by molar-refractivity contribution is 0.0601. The third-order valence-corrected chi connectivity index (χ3v) is 2.81. The van der Waals surface area contributed by atoms with Crippen LogP contribution < -0.4 is 11.1 Å². The maximum atomic E-state index is 11.4. The molecule has 0 saturated heterocycles. The zero-order valence-electron chi connectivity index (χ0n) is 10.6. The molecule has 4 nitrogen and oxygen atoms in total. The van der Waals surface area contributed by atoms with E-state index in [1.54, 1.807) is 18.2 Å². The summed E-state index contributed by atoms with van der Waals surface area (Å²) in [7, 11) is 1.37. The first-order valence-corrected chi connectivity index (χ1v) is 5.80. The minimum Gasteiger partial charge on any atom is -0.465 e. The van der Waals surface area contributed by atoms with Gasteiger partial charge in [-0.2, -0.15) is 0 Å². The Bertz CT molecular complexity index is 391. The van der Waals surface area contributed by atoms with Crippen molar-refractivity contribution >= 4 is 17.3 Å². The molecule has 94 valence electrons. The van der Waals surface area contributed by atoms with Gasteiger partial charge in [-0.15, -0.1) is 0 Å². The third-order valence-electron chi connectivity index (χ3n) is 2.81. The summed E-state index contributed by atoms with van der Waals surface area (Å²) in [5, 5.41) is 3.25. The van der Waals surface area contributed by atoms with Crippen LogP contribution in [-0.2, 0) is 4.74 Å². The van der Waals surface area contributed by atoms with E-state index in [1.807, 2.05) is 0 Å². The molecule has 4 heteroatoms. The number of ether oxygens (including phenoxy) is 1. The predicted molar refractivity (Wildman–Crippen MR) is 70.1 cm³/mol. The first kappa shape index (κ1) is 13.4. The van der Waals surface area contributed by atoms with Crippen LogP contribution in [0.4, 0.5) is 11.4 Å². The van der Waals surface area contributed by atoms with Crippen LogP contribution in [0.5, 0.6) is 0 Å². The molecule has 0 amide bonds. The van der Waals surface area contributed by atoms with E-state index in [1.165, 1.54) is 7.11 Å². The van der Waals surface area contributed by atoms with Gasteiger partial charge in [-0.25, -0.2) is 4.79 Å². The van der Waals surface area contributed by atoms with Crippen molar-refractivity contribution in [3.05, 3.63) is 23.8 Å². The summed E-state index contributed by atoms with van der Waals surface area (Å²) >= 11 is 0. The molecule has 0 aliphatic carbocycles. The highest BCUT2D eigenvalue weighted by atomic mass is 16.5. The van der Waals surface area contributed by atoms with Gasteiger partial charge < -0.3 is 15.8 Å².